The van der Waals surface area contributed by atoms with Crippen molar-refractivity contribution in [2.75, 3.05) is 27.2 Å². The molecule has 5 nitrogen and oxygen atoms in total. The van der Waals surface area contributed by atoms with E-state index in [1.165, 1.54) is 0 Å². The van der Waals surface area contributed by atoms with Crippen LogP contribution in [-0.2, 0) is 4.79 Å². The number of hydrogen-bond acceptors (Lipinski definition) is 4. The monoisotopic (exact) mass is 284 g/mol. The summed E-state index contributed by atoms with van der Waals surface area (Å²) in [6.45, 7) is 0.905. The van der Waals surface area contributed by atoms with Gasteiger partial charge in [-0.05, 0) is 32.6 Å². The number of likely N-dealkylation sites (N-methyl/N-ethyl adjacent to an activating group) is 1. The molecule has 1 aliphatic rings. The van der Waals surface area contributed by atoms with E-state index in [4.69, 9.17) is 0 Å². The number of benzene rings is 1. The van der Waals surface area contributed by atoms with Gasteiger partial charge in [0.25, 0.3) is 0 Å². The average molecular weight is 284 g/mol. The highest BCUT2D eigenvalue weighted by atomic mass is 16.2. The van der Waals surface area contributed by atoms with Crippen molar-refractivity contribution in [3.05, 3.63) is 30.3 Å². The molecular formula is C16H20N4O. The van der Waals surface area contributed by atoms with Gasteiger partial charge in [0.1, 0.15) is 6.04 Å². The number of nitrogens with zero attached hydrogens (tertiary/aromatic N) is 4. The molecule has 0 bridgehead atoms. The quantitative estimate of drug-likeness (QED) is 0.791. The molecule has 2 unspecified atom stereocenters. The van der Waals surface area contributed by atoms with Crippen molar-refractivity contribution in [2.45, 2.75) is 12.5 Å². The van der Waals surface area contributed by atoms with E-state index < -0.39 is 0 Å². The second-order valence-electron chi connectivity index (χ2n) is 5.54. The molecule has 0 spiro atoms. The van der Waals surface area contributed by atoms with Gasteiger partial charge in [-0.1, -0.05) is 18.2 Å². The molecule has 1 heterocycles. The smallest absolute Gasteiger partial charge is 0.237 e. The van der Waals surface area contributed by atoms with Gasteiger partial charge in [-0.25, -0.2) is 0 Å². The van der Waals surface area contributed by atoms with Crippen LogP contribution in [0.2, 0.25) is 0 Å². The van der Waals surface area contributed by atoms with Gasteiger partial charge < -0.3 is 9.80 Å². The number of carbonyl (C=O) groups excluding carboxylic acids is 1. The first-order valence-electron chi connectivity index (χ1n) is 7.03. The normalized spacial score (nSPS) is 21.9. The Morgan fingerprint density at radius 2 is 2.19 bits per heavy atom. The lowest BCUT2D eigenvalue weighted by atomic mass is 10.1. The first-order chi connectivity index (χ1) is 10.1. The van der Waals surface area contributed by atoms with Crippen LogP contribution in [0.15, 0.2) is 35.3 Å². The van der Waals surface area contributed by atoms with Crippen LogP contribution in [-0.4, -0.2) is 55.1 Å². The summed E-state index contributed by atoms with van der Waals surface area (Å²) in [5.74, 6) is 0.142. The lowest BCUT2D eigenvalue weighted by Gasteiger charge is -2.21. The van der Waals surface area contributed by atoms with Crippen molar-refractivity contribution in [1.82, 2.24) is 9.80 Å². The zero-order valence-corrected chi connectivity index (χ0v) is 12.4. The zero-order valence-electron chi connectivity index (χ0n) is 12.4. The number of para-hydroxylation sites is 1. The number of aliphatic imine (C=N–C) groups is 1. The van der Waals surface area contributed by atoms with Gasteiger partial charge in [0.15, 0.2) is 0 Å². The molecule has 5 heteroatoms. The minimum Gasteiger partial charge on any atom is -0.325 e. The number of amides is 1. The minimum atomic E-state index is -0.343. The molecule has 1 fully saturated rings. The molecule has 1 aromatic carbocycles. The third-order valence-corrected chi connectivity index (χ3v) is 3.44. The SMILES string of the molecule is CN(C)CC(=O)N1CC(/C=N\c2ccccc2)CC1C#N. The van der Waals surface area contributed by atoms with E-state index in [9.17, 15) is 10.1 Å². The van der Waals surface area contributed by atoms with E-state index in [1.807, 2.05) is 55.5 Å². The topological polar surface area (TPSA) is 59.7 Å². The van der Waals surface area contributed by atoms with Crippen LogP contribution in [0, 0.1) is 17.2 Å². The standard InChI is InChI=1S/C16H20N4O/c1-19(2)12-16(21)20-11-13(8-15(20)9-17)10-18-14-6-4-3-5-7-14/h3-7,10,13,15H,8,11-12H2,1-2H3/b18-10-. The van der Waals surface area contributed by atoms with Gasteiger partial charge in [-0.15, -0.1) is 0 Å². The minimum absolute atomic E-state index is 0.00200. The van der Waals surface area contributed by atoms with Gasteiger partial charge in [0.05, 0.1) is 18.3 Å². The molecule has 21 heavy (non-hydrogen) atoms. The van der Waals surface area contributed by atoms with Gasteiger partial charge in [0.2, 0.25) is 5.91 Å². The Bertz CT molecular complexity index is 547. The molecular weight excluding hydrogens is 264 g/mol. The lowest BCUT2D eigenvalue weighted by molar-refractivity contribution is -0.131. The fourth-order valence-corrected chi connectivity index (χ4v) is 2.44. The number of hydrogen-bond donors (Lipinski definition) is 0. The highest BCUT2D eigenvalue weighted by Crippen LogP contribution is 2.23. The Morgan fingerprint density at radius 1 is 1.48 bits per heavy atom. The van der Waals surface area contributed by atoms with Crippen molar-refractivity contribution in [3.63, 3.8) is 0 Å². The van der Waals surface area contributed by atoms with Gasteiger partial charge in [0, 0.05) is 18.7 Å². The maximum atomic E-state index is 12.1. The highest BCUT2D eigenvalue weighted by molar-refractivity contribution is 5.80. The van der Waals surface area contributed by atoms with Gasteiger partial charge in [-0.2, -0.15) is 5.26 Å². The molecule has 2 rings (SSSR count). The molecule has 0 saturated carbocycles. The molecule has 1 amide bonds. The Labute approximate surface area is 125 Å². The third-order valence-electron chi connectivity index (χ3n) is 3.44. The van der Waals surface area contributed by atoms with Crippen LogP contribution in [0.1, 0.15) is 6.42 Å². The summed E-state index contributed by atoms with van der Waals surface area (Å²) in [5, 5.41) is 9.22. The van der Waals surface area contributed by atoms with E-state index in [0.717, 1.165) is 5.69 Å². The molecule has 0 aliphatic carbocycles. The Hall–Kier alpha value is -2.19. The molecule has 0 aromatic heterocycles. The zero-order chi connectivity index (χ0) is 15.2. The van der Waals surface area contributed by atoms with Crippen molar-refractivity contribution < 1.29 is 4.79 Å². The van der Waals surface area contributed by atoms with Crippen LogP contribution in [0.5, 0.6) is 0 Å². The Morgan fingerprint density at radius 3 is 2.81 bits per heavy atom. The van der Waals surface area contributed by atoms with Crippen LogP contribution < -0.4 is 0 Å². The summed E-state index contributed by atoms with van der Waals surface area (Å²) in [5.41, 5.74) is 0.893. The van der Waals surface area contributed by atoms with E-state index in [2.05, 4.69) is 11.1 Å². The van der Waals surface area contributed by atoms with Crippen molar-refractivity contribution in [3.8, 4) is 6.07 Å². The van der Waals surface area contributed by atoms with E-state index in [0.29, 0.717) is 19.5 Å². The number of carbonyl (C=O) groups is 1. The van der Waals surface area contributed by atoms with Gasteiger partial charge in [-0.3, -0.25) is 9.79 Å². The second-order valence-corrected chi connectivity index (χ2v) is 5.54. The van der Waals surface area contributed by atoms with Crippen LogP contribution in [0.4, 0.5) is 5.69 Å². The summed E-state index contributed by atoms with van der Waals surface area (Å²) in [7, 11) is 3.70. The lowest BCUT2D eigenvalue weighted by Crippen LogP contribution is -2.40. The molecule has 0 N–H and O–H groups in total. The number of likely N-dealkylation sites (tertiary alicyclic amines) is 1. The maximum absolute atomic E-state index is 12.1. The fraction of sp³-hybridized carbons (Fsp3) is 0.438. The van der Waals surface area contributed by atoms with E-state index in [-0.39, 0.29) is 17.9 Å². The number of rotatable bonds is 4. The highest BCUT2D eigenvalue weighted by Gasteiger charge is 2.34. The Balaban J connectivity index is 2.00. The summed E-state index contributed by atoms with van der Waals surface area (Å²) in [4.78, 5) is 20.1. The van der Waals surface area contributed by atoms with E-state index in [1.54, 1.807) is 4.90 Å². The fourth-order valence-electron chi connectivity index (χ4n) is 2.44. The van der Waals surface area contributed by atoms with Crippen molar-refractivity contribution >= 4 is 17.8 Å². The molecule has 1 saturated heterocycles. The summed E-state index contributed by atoms with van der Waals surface area (Å²) >= 11 is 0. The molecule has 0 radical (unpaired) electrons. The largest absolute Gasteiger partial charge is 0.325 e. The van der Waals surface area contributed by atoms with Crippen LogP contribution in [0.3, 0.4) is 0 Å². The maximum Gasteiger partial charge on any atom is 0.237 e. The predicted octanol–water partition coefficient (Wildman–Crippen LogP) is 1.69. The first kappa shape index (κ1) is 15.2. The molecule has 110 valence electrons. The van der Waals surface area contributed by atoms with E-state index >= 15 is 0 Å². The average Bonchev–Trinajstić information content (AvgIpc) is 2.89. The summed E-state index contributed by atoms with van der Waals surface area (Å²) in [6.07, 6.45) is 2.52. The van der Waals surface area contributed by atoms with Crippen LogP contribution in [0.25, 0.3) is 0 Å². The molecule has 1 aliphatic heterocycles. The van der Waals surface area contributed by atoms with Gasteiger partial charge >= 0.3 is 0 Å². The first-order valence-corrected chi connectivity index (χ1v) is 7.03. The van der Waals surface area contributed by atoms with Crippen molar-refractivity contribution in [1.29, 1.82) is 5.26 Å². The van der Waals surface area contributed by atoms with Crippen LogP contribution >= 0.6 is 0 Å². The summed E-state index contributed by atoms with van der Waals surface area (Å²) in [6, 6.07) is 11.6. The molecule has 2 atom stereocenters. The van der Waals surface area contributed by atoms with Crippen molar-refractivity contribution in [2.24, 2.45) is 10.9 Å². The second kappa shape index (κ2) is 7.00. The Kier molecular flexibility index (Phi) is 5.07. The predicted molar refractivity (Wildman–Crippen MR) is 82.4 cm³/mol. The number of nitriles is 1. The summed E-state index contributed by atoms with van der Waals surface area (Å²) < 4.78 is 0. The third kappa shape index (κ3) is 4.14. The molecule has 1 aromatic rings.